The molecular formula is C20H27N3O4. The molecule has 1 atom stereocenters. The molecule has 2 N–H and O–H groups in total. The highest BCUT2D eigenvalue weighted by Crippen LogP contribution is 2.43. The Morgan fingerprint density at radius 2 is 1.96 bits per heavy atom. The molecule has 1 aliphatic carbocycles. The molecule has 1 unspecified atom stereocenters. The molecule has 0 spiro atoms. The number of rotatable bonds is 4. The van der Waals surface area contributed by atoms with Crippen LogP contribution in [0.25, 0.3) is 0 Å². The van der Waals surface area contributed by atoms with Gasteiger partial charge >= 0.3 is 6.03 Å². The molecule has 7 heteroatoms. The first-order valence-electron chi connectivity index (χ1n) is 9.74. The van der Waals surface area contributed by atoms with Gasteiger partial charge in [-0.1, -0.05) is 18.9 Å². The minimum absolute atomic E-state index is 0.0730. The van der Waals surface area contributed by atoms with Crippen molar-refractivity contribution < 1.29 is 19.1 Å². The summed E-state index contributed by atoms with van der Waals surface area (Å²) in [7, 11) is 1.76. The highest BCUT2D eigenvalue weighted by molar-refractivity contribution is 5.81. The van der Waals surface area contributed by atoms with Gasteiger partial charge in [-0.25, -0.2) is 4.79 Å². The van der Waals surface area contributed by atoms with E-state index in [1.165, 1.54) is 5.56 Å². The first kappa shape index (κ1) is 17.9. The highest BCUT2D eigenvalue weighted by Gasteiger charge is 2.37. The van der Waals surface area contributed by atoms with Crippen LogP contribution in [0.4, 0.5) is 4.79 Å². The van der Waals surface area contributed by atoms with Crippen molar-refractivity contribution in [3.63, 3.8) is 0 Å². The van der Waals surface area contributed by atoms with Crippen molar-refractivity contribution in [3.05, 3.63) is 23.8 Å². The number of hydrogen-bond acceptors (Lipinski definition) is 4. The lowest BCUT2D eigenvalue weighted by molar-refractivity contribution is -0.126. The zero-order valence-corrected chi connectivity index (χ0v) is 15.8. The van der Waals surface area contributed by atoms with Crippen molar-refractivity contribution in [1.82, 2.24) is 15.5 Å². The van der Waals surface area contributed by atoms with Crippen LogP contribution in [0.3, 0.4) is 0 Å². The van der Waals surface area contributed by atoms with Crippen LogP contribution in [-0.4, -0.2) is 56.2 Å². The van der Waals surface area contributed by atoms with E-state index in [0.717, 1.165) is 37.2 Å². The molecule has 146 valence electrons. The molecule has 2 heterocycles. The summed E-state index contributed by atoms with van der Waals surface area (Å²) in [6.45, 7) is 2.30. The summed E-state index contributed by atoms with van der Waals surface area (Å²) in [5.41, 5.74) is 1.12. The number of urea groups is 1. The zero-order valence-electron chi connectivity index (χ0n) is 15.8. The van der Waals surface area contributed by atoms with E-state index in [-0.39, 0.29) is 23.4 Å². The second kappa shape index (κ2) is 7.29. The van der Waals surface area contributed by atoms with Gasteiger partial charge in [0, 0.05) is 32.0 Å². The first-order chi connectivity index (χ1) is 13.1. The maximum absolute atomic E-state index is 12.4. The summed E-state index contributed by atoms with van der Waals surface area (Å²) in [5, 5.41) is 5.97. The lowest BCUT2D eigenvalue weighted by Gasteiger charge is -2.31. The Morgan fingerprint density at radius 1 is 1.22 bits per heavy atom. The van der Waals surface area contributed by atoms with E-state index in [0.29, 0.717) is 32.7 Å². The molecule has 1 saturated carbocycles. The summed E-state index contributed by atoms with van der Waals surface area (Å²) < 4.78 is 11.4. The summed E-state index contributed by atoms with van der Waals surface area (Å²) >= 11 is 0. The number of likely N-dealkylation sites (N-methyl/N-ethyl adjacent to an activating group) is 1. The van der Waals surface area contributed by atoms with Crippen LogP contribution >= 0.6 is 0 Å². The number of nitrogens with zero attached hydrogens (tertiary/aromatic N) is 1. The van der Waals surface area contributed by atoms with Crippen molar-refractivity contribution >= 4 is 11.9 Å². The van der Waals surface area contributed by atoms with E-state index < -0.39 is 0 Å². The largest absolute Gasteiger partial charge is 0.486 e. The molecule has 1 aromatic carbocycles. The molecule has 0 aromatic heterocycles. The van der Waals surface area contributed by atoms with Gasteiger partial charge in [0.15, 0.2) is 11.5 Å². The number of carbonyl (C=O) groups is 2. The molecule has 27 heavy (non-hydrogen) atoms. The normalized spacial score (nSPS) is 23.4. The maximum atomic E-state index is 12.4. The van der Waals surface area contributed by atoms with Gasteiger partial charge in [0.1, 0.15) is 13.2 Å². The van der Waals surface area contributed by atoms with Crippen LogP contribution in [0.5, 0.6) is 11.5 Å². The average molecular weight is 373 g/mol. The summed E-state index contributed by atoms with van der Waals surface area (Å²) in [4.78, 5) is 25.6. The van der Waals surface area contributed by atoms with Crippen molar-refractivity contribution in [2.75, 3.05) is 33.4 Å². The second-order valence-corrected chi connectivity index (χ2v) is 7.85. The molecule has 0 bridgehead atoms. The fraction of sp³-hybridized carbons (Fsp3) is 0.600. The van der Waals surface area contributed by atoms with Gasteiger partial charge in [-0.2, -0.15) is 0 Å². The average Bonchev–Trinajstić information content (AvgIpc) is 3.27. The molecule has 3 aliphatic rings. The third-order valence-electron chi connectivity index (χ3n) is 5.98. The Bertz CT molecular complexity index is 730. The van der Waals surface area contributed by atoms with E-state index in [2.05, 4.69) is 22.8 Å². The Morgan fingerprint density at radius 3 is 2.67 bits per heavy atom. The van der Waals surface area contributed by atoms with E-state index in [1.54, 1.807) is 11.9 Å². The Hall–Kier alpha value is -2.44. The van der Waals surface area contributed by atoms with Gasteiger partial charge in [0.2, 0.25) is 5.91 Å². The Balaban J connectivity index is 1.42. The van der Waals surface area contributed by atoms with Gasteiger partial charge in [-0.05, 0) is 30.5 Å². The SMILES string of the molecule is CN1CC(NC(=O)NCC2(c3ccc4c(c3)OCCO4)CCCC2)CC1=O. The predicted molar refractivity (Wildman–Crippen MR) is 100 cm³/mol. The molecule has 1 aromatic rings. The van der Waals surface area contributed by atoms with Gasteiger partial charge in [-0.15, -0.1) is 0 Å². The lowest BCUT2D eigenvalue weighted by Crippen LogP contribution is -2.47. The Kier molecular flexibility index (Phi) is 4.85. The van der Waals surface area contributed by atoms with E-state index in [9.17, 15) is 9.59 Å². The third kappa shape index (κ3) is 3.68. The minimum Gasteiger partial charge on any atom is -0.486 e. The molecule has 1 saturated heterocycles. The van der Waals surface area contributed by atoms with E-state index >= 15 is 0 Å². The summed E-state index contributed by atoms with van der Waals surface area (Å²) in [6, 6.07) is 5.83. The van der Waals surface area contributed by atoms with Crippen LogP contribution in [0.2, 0.25) is 0 Å². The number of nitrogens with one attached hydrogen (secondary N) is 2. The van der Waals surface area contributed by atoms with Gasteiger partial charge in [0.25, 0.3) is 0 Å². The molecule has 2 fully saturated rings. The van der Waals surface area contributed by atoms with Crippen LogP contribution in [-0.2, 0) is 10.2 Å². The van der Waals surface area contributed by atoms with Crippen LogP contribution in [0.15, 0.2) is 18.2 Å². The zero-order chi connectivity index (χ0) is 18.9. The van der Waals surface area contributed by atoms with Gasteiger partial charge < -0.3 is 25.0 Å². The molecule has 4 rings (SSSR count). The fourth-order valence-corrected chi connectivity index (χ4v) is 4.44. The van der Waals surface area contributed by atoms with Crippen molar-refractivity contribution in [3.8, 4) is 11.5 Å². The molecule has 3 amide bonds. The summed E-state index contributed by atoms with van der Waals surface area (Å²) in [6.07, 6.45) is 4.76. The van der Waals surface area contributed by atoms with E-state index in [1.807, 2.05) is 6.07 Å². The number of hydrogen-bond donors (Lipinski definition) is 2. The Labute approximate surface area is 159 Å². The molecule has 7 nitrogen and oxygen atoms in total. The first-order valence-corrected chi connectivity index (χ1v) is 9.74. The van der Waals surface area contributed by atoms with Crippen LogP contribution < -0.4 is 20.1 Å². The monoisotopic (exact) mass is 373 g/mol. The third-order valence-corrected chi connectivity index (χ3v) is 5.98. The molecule has 2 aliphatic heterocycles. The number of benzene rings is 1. The number of ether oxygens (including phenoxy) is 2. The number of carbonyl (C=O) groups excluding carboxylic acids is 2. The fourth-order valence-electron chi connectivity index (χ4n) is 4.44. The standard InChI is InChI=1S/C20H27N3O4/c1-23-12-15(11-18(23)24)22-19(25)21-13-20(6-2-3-7-20)14-4-5-16-17(10-14)27-9-8-26-16/h4-5,10,15H,2-3,6-9,11-13H2,1H3,(H2,21,22,25). The lowest BCUT2D eigenvalue weighted by atomic mass is 9.78. The van der Waals surface area contributed by atoms with Gasteiger partial charge in [0.05, 0.1) is 6.04 Å². The van der Waals surface area contributed by atoms with E-state index in [4.69, 9.17) is 9.47 Å². The van der Waals surface area contributed by atoms with Crippen LogP contribution in [0.1, 0.15) is 37.7 Å². The smallest absolute Gasteiger partial charge is 0.315 e. The van der Waals surface area contributed by atoms with Gasteiger partial charge in [-0.3, -0.25) is 4.79 Å². The van der Waals surface area contributed by atoms with Crippen LogP contribution in [0, 0.1) is 0 Å². The number of fused-ring (bicyclic) bond motifs is 1. The second-order valence-electron chi connectivity index (χ2n) is 7.85. The quantitative estimate of drug-likeness (QED) is 0.843. The number of amides is 3. The highest BCUT2D eigenvalue weighted by atomic mass is 16.6. The van der Waals surface area contributed by atoms with Crippen molar-refractivity contribution in [1.29, 1.82) is 0 Å². The topological polar surface area (TPSA) is 79.9 Å². The van der Waals surface area contributed by atoms with Crippen molar-refractivity contribution in [2.45, 2.75) is 43.6 Å². The predicted octanol–water partition coefficient (Wildman–Crippen LogP) is 1.80. The van der Waals surface area contributed by atoms with Crippen molar-refractivity contribution in [2.24, 2.45) is 0 Å². The number of likely N-dealkylation sites (tertiary alicyclic amines) is 1. The maximum Gasteiger partial charge on any atom is 0.315 e. The molecular weight excluding hydrogens is 346 g/mol. The molecule has 0 radical (unpaired) electrons. The summed E-state index contributed by atoms with van der Waals surface area (Å²) in [5.74, 6) is 1.66. The minimum atomic E-state index is -0.202.